The highest BCUT2D eigenvalue weighted by Gasteiger charge is 2.30. The summed E-state index contributed by atoms with van der Waals surface area (Å²) in [6.07, 6.45) is 4.59. The van der Waals surface area contributed by atoms with Crippen LogP contribution in [-0.4, -0.2) is 18.5 Å². The molecule has 1 aromatic carbocycles. The van der Waals surface area contributed by atoms with Crippen LogP contribution in [0.4, 0.5) is 5.69 Å². The number of amides is 1. The topological polar surface area (TPSA) is 41.1 Å². The second kappa shape index (κ2) is 5.01. The normalized spacial score (nSPS) is 17.5. The summed E-state index contributed by atoms with van der Waals surface area (Å²) in [7, 11) is 1.85. The smallest absolute Gasteiger partial charge is 0.253 e. The van der Waals surface area contributed by atoms with Crippen molar-refractivity contribution in [3.8, 4) is 0 Å². The van der Waals surface area contributed by atoms with Gasteiger partial charge in [0.2, 0.25) is 0 Å². The first kappa shape index (κ1) is 12.9. The van der Waals surface area contributed by atoms with Crippen molar-refractivity contribution in [2.24, 2.45) is 0 Å². The molecular weight excluding hydrogens is 224 g/mol. The zero-order chi connectivity index (χ0) is 13.2. The lowest BCUT2D eigenvalue weighted by molar-refractivity contribution is 0.0909. The zero-order valence-corrected chi connectivity index (χ0v) is 11.5. The Kier molecular flexibility index (Phi) is 3.60. The summed E-state index contributed by atoms with van der Waals surface area (Å²) in [5, 5.41) is 6.28. The van der Waals surface area contributed by atoms with Gasteiger partial charge in [-0.2, -0.15) is 0 Å². The molecule has 0 unspecified atom stereocenters. The molecule has 0 radical (unpaired) electrons. The first-order chi connectivity index (χ1) is 8.54. The molecule has 3 nitrogen and oxygen atoms in total. The maximum absolute atomic E-state index is 12.3. The predicted octanol–water partition coefficient (Wildman–Crippen LogP) is 3.10. The number of carbonyl (C=O) groups excluding carboxylic acids is 1. The van der Waals surface area contributed by atoms with Crippen molar-refractivity contribution < 1.29 is 4.79 Å². The Balaban J connectivity index is 2.18. The maximum Gasteiger partial charge on any atom is 0.253 e. The number of rotatable bonds is 3. The van der Waals surface area contributed by atoms with E-state index in [1.165, 1.54) is 12.8 Å². The Bertz CT molecular complexity index is 448. The summed E-state index contributed by atoms with van der Waals surface area (Å²) in [5.41, 5.74) is 2.76. The summed E-state index contributed by atoms with van der Waals surface area (Å²) in [4.78, 5) is 12.3. The van der Waals surface area contributed by atoms with E-state index < -0.39 is 0 Å². The van der Waals surface area contributed by atoms with E-state index in [2.05, 4.69) is 17.6 Å². The molecule has 0 atom stereocenters. The molecule has 18 heavy (non-hydrogen) atoms. The number of hydrogen-bond donors (Lipinski definition) is 2. The van der Waals surface area contributed by atoms with E-state index in [0.29, 0.717) is 0 Å². The molecule has 1 aromatic rings. The molecule has 1 aliphatic rings. The lowest BCUT2D eigenvalue weighted by atomic mass is 9.99. The van der Waals surface area contributed by atoms with Gasteiger partial charge in [-0.1, -0.05) is 18.9 Å². The summed E-state index contributed by atoms with van der Waals surface area (Å²) in [6.45, 7) is 4.17. The van der Waals surface area contributed by atoms with Crippen LogP contribution in [0.5, 0.6) is 0 Å². The highest BCUT2D eigenvalue weighted by molar-refractivity contribution is 6.00. The molecule has 3 heteroatoms. The van der Waals surface area contributed by atoms with Crippen molar-refractivity contribution in [1.82, 2.24) is 5.32 Å². The Hall–Kier alpha value is -1.51. The average Bonchev–Trinajstić information content (AvgIpc) is 2.75. The van der Waals surface area contributed by atoms with Crippen molar-refractivity contribution in [2.75, 3.05) is 12.4 Å². The van der Waals surface area contributed by atoms with Gasteiger partial charge in [0.1, 0.15) is 0 Å². The molecule has 0 aromatic heterocycles. The van der Waals surface area contributed by atoms with Crippen LogP contribution in [0.3, 0.4) is 0 Å². The fraction of sp³-hybridized carbons (Fsp3) is 0.533. The van der Waals surface area contributed by atoms with E-state index >= 15 is 0 Å². The molecule has 1 fully saturated rings. The minimum atomic E-state index is -0.0209. The number of hydrogen-bond acceptors (Lipinski definition) is 2. The molecule has 0 bridgehead atoms. The molecule has 0 aliphatic heterocycles. The number of benzene rings is 1. The quantitative estimate of drug-likeness (QED) is 0.860. The van der Waals surface area contributed by atoms with Gasteiger partial charge in [0.05, 0.1) is 5.56 Å². The van der Waals surface area contributed by atoms with Gasteiger partial charge in [0.25, 0.3) is 5.91 Å². The SMILES string of the molecule is CNc1cc(C)ccc1C(=O)NC1(C)CCCC1. The fourth-order valence-electron chi connectivity index (χ4n) is 2.68. The standard InChI is InChI=1S/C15H22N2O/c1-11-6-7-12(13(10-11)16-3)14(18)17-15(2)8-4-5-9-15/h6-7,10,16H,4-5,8-9H2,1-3H3,(H,17,18). The van der Waals surface area contributed by atoms with Crippen molar-refractivity contribution in [3.05, 3.63) is 29.3 Å². The summed E-state index contributed by atoms with van der Waals surface area (Å²) < 4.78 is 0. The molecule has 98 valence electrons. The lowest BCUT2D eigenvalue weighted by Crippen LogP contribution is -2.43. The maximum atomic E-state index is 12.3. The number of nitrogens with one attached hydrogen (secondary N) is 2. The van der Waals surface area contributed by atoms with Gasteiger partial charge in [-0.3, -0.25) is 4.79 Å². The van der Waals surface area contributed by atoms with Crippen LogP contribution in [0.25, 0.3) is 0 Å². The van der Waals surface area contributed by atoms with Gasteiger partial charge in [0.15, 0.2) is 0 Å². The van der Waals surface area contributed by atoms with Gasteiger partial charge in [0, 0.05) is 18.3 Å². The molecule has 0 saturated heterocycles. The Morgan fingerprint density at radius 3 is 2.56 bits per heavy atom. The van der Waals surface area contributed by atoms with Crippen LogP contribution < -0.4 is 10.6 Å². The molecule has 0 heterocycles. The molecule has 1 saturated carbocycles. The predicted molar refractivity (Wildman–Crippen MR) is 75.1 cm³/mol. The first-order valence-corrected chi connectivity index (χ1v) is 6.65. The van der Waals surface area contributed by atoms with Crippen LogP contribution in [-0.2, 0) is 0 Å². The lowest BCUT2D eigenvalue weighted by Gasteiger charge is -2.26. The second-order valence-corrected chi connectivity index (χ2v) is 5.52. The number of anilines is 1. The Labute approximate surface area is 109 Å². The van der Waals surface area contributed by atoms with Gasteiger partial charge < -0.3 is 10.6 Å². The van der Waals surface area contributed by atoms with Crippen LogP contribution >= 0.6 is 0 Å². The van der Waals surface area contributed by atoms with E-state index in [0.717, 1.165) is 29.7 Å². The summed E-state index contributed by atoms with van der Waals surface area (Å²) >= 11 is 0. The second-order valence-electron chi connectivity index (χ2n) is 5.52. The third-order valence-corrected chi connectivity index (χ3v) is 3.81. The van der Waals surface area contributed by atoms with Crippen LogP contribution in [0, 0.1) is 6.92 Å². The van der Waals surface area contributed by atoms with Gasteiger partial charge in [-0.25, -0.2) is 0 Å². The van der Waals surface area contributed by atoms with E-state index in [1.54, 1.807) is 0 Å². The Morgan fingerprint density at radius 2 is 1.94 bits per heavy atom. The van der Waals surface area contributed by atoms with Gasteiger partial charge in [-0.15, -0.1) is 0 Å². The number of carbonyl (C=O) groups is 1. The first-order valence-electron chi connectivity index (χ1n) is 6.65. The van der Waals surface area contributed by atoms with Crippen molar-refractivity contribution in [3.63, 3.8) is 0 Å². The molecule has 0 spiro atoms. The van der Waals surface area contributed by atoms with Crippen LogP contribution in [0.2, 0.25) is 0 Å². The van der Waals surface area contributed by atoms with E-state index in [-0.39, 0.29) is 11.4 Å². The minimum Gasteiger partial charge on any atom is -0.387 e. The zero-order valence-electron chi connectivity index (χ0n) is 11.5. The largest absolute Gasteiger partial charge is 0.387 e. The highest BCUT2D eigenvalue weighted by Crippen LogP contribution is 2.29. The van der Waals surface area contributed by atoms with Crippen molar-refractivity contribution in [2.45, 2.75) is 45.1 Å². The van der Waals surface area contributed by atoms with E-state index in [9.17, 15) is 4.79 Å². The van der Waals surface area contributed by atoms with Crippen molar-refractivity contribution in [1.29, 1.82) is 0 Å². The summed E-state index contributed by atoms with van der Waals surface area (Å²) in [5.74, 6) is 0.0313. The molecule has 1 amide bonds. The van der Waals surface area contributed by atoms with Crippen molar-refractivity contribution >= 4 is 11.6 Å². The molecular formula is C15H22N2O. The van der Waals surface area contributed by atoms with E-state index in [4.69, 9.17) is 0 Å². The van der Waals surface area contributed by atoms with Crippen LogP contribution in [0.15, 0.2) is 18.2 Å². The van der Waals surface area contributed by atoms with Crippen LogP contribution in [0.1, 0.15) is 48.5 Å². The van der Waals surface area contributed by atoms with E-state index in [1.807, 2.05) is 32.2 Å². The van der Waals surface area contributed by atoms with Gasteiger partial charge >= 0.3 is 0 Å². The molecule has 2 rings (SSSR count). The Morgan fingerprint density at radius 1 is 1.28 bits per heavy atom. The van der Waals surface area contributed by atoms with Gasteiger partial charge in [-0.05, 0) is 44.4 Å². The molecule has 1 aliphatic carbocycles. The fourth-order valence-corrected chi connectivity index (χ4v) is 2.68. The molecule has 2 N–H and O–H groups in total. The third kappa shape index (κ3) is 2.66. The highest BCUT2D eigenvalue weighted by atomic mass is 16.1. The monoisotopic (exact) mass is 246 g/mol. The summed E-state index contributed by atoms with van der Waals surface area (Å²) in [6, 6.07) is 5.88. The third-order valence-electron chi connectivity index (χ3n) is 3.81. The average molecular weight is 246 g/mol. The minimum absolute atomic E-state index is 0.0209. The number of aryl methyl sites for hydroxylation is 1.